The van der Waals surface area contributed by atoms with Crippen LogP contribution in [0.1, 0.15) is 55.8 Å². The summed E-state index contributed by atoms with van der Waals surface area (Å²) in [7, 11) is 0. The van der Waals surface area contributed by atoms with E-state index in [1.54, 1.807) is 30.3 Å². The van der Waals surface area contributed by atoms with Crippen molar-refractivity contribution in [3.8, 4) is 11.1 Å². The summed E-state index contributed by atoms with van der Waals surface area (Å²) in [5.41, 5.74) is -1.92. The minimum Gasteiger partial charge on any atom is -0.478 e. The summed E-state index contributed by atoms with van der Waals surface area (Å²) in [5.74, 6) is -3.03. The highest BCUT2D eigenvalue weighted by molar-refractivity contribution is 5.95. The van der Waals surface area contributed by atoms with E-state index in [4.69, 9.17) is 0 Å². The molecular weight excluding hydrogens is 489 g/mol. The number of pyridine rings is 1. The van der Waals surface area contributed by atoms with E-state index in [2.05, 4.69) is 0 Å². The number of hydrogen-bond donors (Lipinski definition) is 2. The third-order valence-electron chi connectivity index (χ3n) is 7.98. The normalized spacial score (nSPS) is 22.2. The Morgan fingerprint density at radius 1 is 1.11 bits per heavy atom. The van der Waals surface area contributed by atoms with Gasteiger partial charge in [0.2, 0.25) is 5.91 Å². The van der Waals surface area contributed by atoms with E-state index in [0.717, 1.165) is 12.8 Å². The largest absolute Gasteiger partial charge is 0.478 e. The van der Waals surface area contributed by atoms with E-state index in [9.17, 15) is 37.8 Å². The number of halogens is 3. The van der Waals surface area contributed by atoms with Gasteiger partial charge in [-0.15, -0.1) is 0 Å². The molecule has 1 spiro atoms. The van der Waals surface area contributed by atoms with E-state index in [0.29, 0.717) is 18.4 Å². The Hall–Kier alpha value is -3.14. The first kappa shape index (κ1) is 26.9. The van der Waals surface area contributed by atoms with Gasteiger partial charge < -0.3 is 19.7 Å². The molecule has 4 rings (SSSR count). The maximum Gasteiger partial charge on any atom is 0.389 e. The molecular formula is C27H31F3N2O5. The SMILES string of the molecule is CC(CC(F)(F)F)C(=O)N1CC[C@@](O)(Cn2cc(C(=O)O)c(-c3ccccc3)cc2=O)C2(CCCC2)C1. The number of carboxylic acid groups (broad SMARTS) is 1. The molecule has 1 amide bonds. The molecule has 2 fully saturated rings. The van der Waals surface area contributed by atoms with Gasteiger partial charge in [0, 0.05) is 42.2 Å². The molecule has 2 heterocycles. The topological polar surface area (TPSA) is 99.8 Å². The Bertz CT molecular complexity index is 1220. The fourth-order valence-corrected chi connectivity index (χ4v) is 6.04. The fourth-order valence-electron chi connectivity index (χ4n) is 6.04. The number of aromatic carboxylic acids is 1. The average Bonchev–Trinajstić information content (AvgIpc) is 3.31. The third-order valence-corrected chi connectivity index (χ3v) is 7.98. The maximum atomic E-state index is 13.1. The molecule has 1 unspecified atom stereocenters. The van der Waals surface area contributed by atoms with Gasteiger partial charge in [0.25, 0.3) is 5.56 Å². The second-order valence-corrected chi connectivity index (χ2v) is 10.5. The number of alkyl halides is 3. The molecule has 1 aromatic heterocycles. The van der Waals surface area contributed by atoms with Crippen molar-refractivity contribution < 1.29 is 33.0 Å². The van der Waals surface area contributed by atoms with Crippen molar-refractivity contribution in [2.75, 3.05) is 13.1 Å². The zero-order valence-corrected chi connectivity index (χ0v) is 20.6. The van der Waals surface area contributed by atoms with E-state index < -0.39 is 47.0 Å². The molecule has 1 saturated heterocycles. The lowest BCUT2D eigenvalue weighted by atomic mass is 9.65. The highest BCUT2D eigenvalue weighted by Gasteiger charge is 2.56. The van der Waals surface area contributed by atoms with Gasteiger partial charge in [-0.3, -0.25) is 9.59 Å². The van der Waals surface area contributed by atoms with Crippen molar-refractivity contribution in [1.82, 2.24) is 9.47 Å². The summed E-state index contributed by atoms with van der Waals surface area (Å²) < 4.78 is 39.8. The number of rotatable bonds is 6. The molecule has 2 aromatic rings. The van der Waals surface area contributed by atoms with Crippen LogP contribution in [-0.4, -0.2) is 56.4 Å². The third kappa shape index (κ3) is 5.44. The molecule has 37 heavy (non-hydrogen) atoms. The minimum absolute atomic E-state index is 0.0575. The van der Waals surface area contributed by atoms with Crippen LogP contribution < -0.4 is 5.56 Å². The monoisotopic (exact) mass is 520 g/mol. The molecule has 1 saturated carbocycles. The number of aliphatic hydroxyl groups is 1. The van der Waals surface area contributed by atoms with E-state index >= 15 is 0 Å². The van der Waals surface area contributed by atoms with Crippen LogP contribution in [0, 0.1) is 11.3 Å². The molecule has 10 heteroatoms. The van der Waals surface area contributed by atoms with Gasteiger partial charge >= 0.3 is 12.1 Å². The first-order valence-electron chi connectivity index (χ1n) is 12.5. The van der Waals surface area contributed by atoms with Gasteiger partial charge in [0.15, 0.2) is 0 Å². The van der Waals surface area contributed by atoms with Crippen LogP contribution in [0.15, 0.2) is 47.4 Å². The van der Waals surface area contributed by atoms with Crippen LogP contribution in [0.3, 0.4) is 0 Å². The Balaban J connectivity index is 1.64. The van der Waals surface area contributed by atoms with E-state index in [1.807, 2.05) is 0 Å². The lowest BCUT2D eigenvalue weighted by Crippen LogP contribution is -2.62. The molecule has 200 valence electrons. The lowest BCUT2D eigenvalue weighted by molar-refractivity contribution is -0.172. The number of carbonyl (C=O) groups excluding carboxylic acids is 1. The number of aromatic nitrogens is 1. The summed E-state index contributed by atoms with van der Waals surface area (Å²) in [4.78, 5) is 39.4. The summed E-state index contributed by atoms with van der Waals surface area (Å²) >= 11 is 0. The predicted molar refractivity (Wildman–Crippen MR) is 130 cm³/mol. The summed E-state index contributed by atoms with van der Waals surface area (Å²) in [6, 6.07) is 9.93. The van der Waals surface area contributed by atoms with Crippen molar-refractivity contribution in [3.05, 3.63) is 58.5 Å². The van der Waals surface area contributed by atoms with Gasteiger partial charge in [0.05, 0.1) is 24.1 Å². The molecule has 2 N–H and O–H groups in total. The number of piperidine rings is 1. The van der Waals surface area contributed by atoms with Crippen molar-refractivity contribution in [2.24, 2.45) is 11.3 Å². The summed E-state index contributed by atoms with van der Waals surface area (Å²) in [6.07, 6.45) is -1.65. The summed E-state index contributed by atoms with van der Waals surface area (Å²) in [6.45, 7) is 1.26. The summed E-state index contributed by atoms with van der Waals surface area (Å²) in [5, 5.41) is 21.8. The number of carboxylic acids is 1. The predicted octanol–water partition coefficient (Wildman–Crippen LogP) is 4.33. The van der Waals surface area contributed by atoms with Crippen molar-refractivity contribution >= 4 is 11.9 Å². The van der Waals surface area contributed by atoms with E-state index in [-0.39, 0.29) is 37.2 Å². The number of nitrogens with zero attached hydrogens (tertiary/aromatic N) is 2. The molecule has 1 aliphatic carbocycles. The number of benzene rings is 1. The van der Waals surface area contributed by atoms with Gasteiger partial charge in [-0.25, -0.2) is 4.79 Å². The van der Waals surface area contributed by atoms with Gasteiger partial charge in [-0.05, 0) is 24.8 Å². The zero-order valence-electron chi connectivity index (χ0n) is 20.6. The molecule has 2 atom stereocenters. The Morgan fingerprint density at radius 2 is 1.76 bits per heavy atom. The quantitative estimate of drug-likeness (QED) is 0.591. The minimum atomic E-state index is -4.45. The zero-order chi connectivity index (χ0) is 27.0. The first-order valence-corrected chi connectivity index (χ1v) is 12.5. The van der Waals surface area contributed by atoms with Gasteiger partial charge in [0.1, 0.15) is 0 Å². The van der Waals surface area contributed by atoms with Crippen LogP contribution in [0.2, 0.25) is 0 Å². The standard InChI is InChI=1S/C27H31F3N2O5/c1-18(14-27(28,29)30)23(34)31-12-11-26(37,25(16-31)9-5-6-10-25)17-32-15-21(24(35)36)20(13-22(32)33)19-7-3-2-4-8-19/h2-4,7-8,13,15,18,37H,5-6,9-12,14,16-17H2,1H3,(H,35,36)/t18?,26-/m1/s1. The number of amides is 1. The van der Waals surface area contributed by atoms with Gasteiger partial charge in [-0.1, -0.05) is 50.1 Å². The first-order chi connectivity index (χ1) is 17.3. The second kappa shape index (κ2) is 9.96. The number of carbonyl (C=O) groups is 2. The lowest BCUT2D eigenvalue weighted by Gasteiger charge is -2.52. The second-order valence-electron chi connectivity index (χ2n) is 10.5. The maximum absolute atomic E-state index is 13.1. The van der Waals surface area contributed by atoms with Crippen LogP contribution in [0.4, 0.5) is 13.2 Å². The fraction of sp³-hybridized carbons (Fsp3) is 0.519. The molecule has 1 aromatic carbocycles. The van der Waals surface area contributed by atoms with Gasteiger partial charge in [-0.2, -0.15) is 13.2 Å². The van der Waals surface area contributed by atoms with Crippen molar-refractivity contribution in [2.45, 2.75) is 63.8 Å². The van der Waals surface area contributed by atoms with Crippen LogP contribution in [0.25, 0.3) is 11.1 Å². The Kier molecular flexibility index (Phi) is 7.25. The smallest absolute Gasteiger partial charge is 0.389 e. The highest BCUT2D eigenvalue weighted by atomic mass is 19.4. The number of hydrogen-bond acceptors (Lipinski definition) is 4. The Morgan fingerprint density at radius 3 is 2.35 bits per heavy atom. The number of likely N-dealkylation sites (tertiary alicyclic amines) is 1. The molecule has 0 radical (unpaired) electrons. The highest BCUT2D eigenvalue weighted by Crippen LogP contribution is 2.52. The molecule has 1 aliphatic heterocycles. The molecule has 2 aliphatic rings. The van der Waals surface area contributed by atoms with Crippen LogP contribution in [0.5, 0.6) is 0 Å². The van der Waals surface area contributed by atoms with Crippen LogP contribution in [-0.2, 0) is 11.3 Å². The van der Waals surface area contributed by atoms with Crippen molar-refractivity contribution in [1.29, 1.82) is 0 Å². The average molecular weight is 521 g/mol. The van der Waals surface area contributed by atoms with E-state index in [1.165, 1.54) is 28.7 Å². The van der Waals surface area contributed by atoms with Crippen molar-refractivity contribution in [3.63, 3.8) is 0 Å². The molecule has 7 nitrogen and oxygen atoms in total. The molecule has 0 bridgehead atoms. The Labute approximate surface area is 212 Å². The van der Waals surface area contributed by atoms with Crippen LogP contribution >= 0.6 is 0 Å².